The number of rotatable bonds is 7. The molecule has 2 N–H and O–H groups in total. The molecule has 6 nitrogen and oxygen atoms in total. The lowest BCUT2D eigenvalue weighted by molar-refractivity contribution is 0.483. The fourth-order valence-electron chi connectivity index (χ4n) is 2.80. The average Bonchev–Trinajstić information content (AvgIpc) is 2.76. The van der Waals surface area contributed by atoms with Crippen molar-refractivity contribution in [2.45, 2.75) is 13.5 Å². The van der Waals surface area contributed by atoms with Gasteiger partial charge in [0.1, 0.15) is 11.5 Å². The van der Waals surface area contributed by atoms with Crippen LogP contribution in [0, 0.1) is 6.92 Å². The van der Waals surface area contributed by atoms with Gasteiger partial charge in [-0.3, -0.25) is 0 Å². The highest BCUT2D eigenvalue weighted by molar-refractivity contribution is 5.55. The first kappa shape index (κ1) is 18.4. The van der Waals surface area contributed by atoms with E-state index in [-0.39, 0.29) is 0 Å². The number of aryl methyl sites for hydroxylation is 1. The maximum absolute atomic E-state index is 5.80. The molecule has 144 valence electrons. The van der Waals surface area contributed by atoms with E-state index in [1.54, 1.807) is 6.20 Å². The molecule has 0 aliphatic heterocycles. The Morgan fingerprint density at radius 2 is 1.55 bits per heavy atom. The summed E-state index contributed by atoms with van der Waals surface area (Å²) in [4.78, 5) is 4.48. The number of anilines is 3. The second kappa shape index (κ2) is 8.84. The summed E-state index contributed by atoms with van der Waals surface area (Å²) in [7, 11) is 0. The van der Waals surface area contributed by atoms with E-state index in [9.17, 15) is 0 Å². The molecule has 3 aromatic carbocycles. The van der Waals surface area contributed by atoms with Gasteiger partial charge in [0.05, 0.1) is 6.20 Å². The second-order valence-electron chi connectivity index (χ2n) is 6.51. The Morgan fingerprint density at radius 3 is 2.34 bits per heavy atom. The van der Waals surface area contributed by atoms with Crippen molar-refractivity contribution in [2.24, 2.45) is 0 Å². The Hall–Kier alpha value is -3.93. The van der Waals surface area contributed by atoms with E-state index in [0.29, 0.717) is 18.3 Å². The second-order valence-corrected chi connectivity index (χ2v) is 6.51. The lowest BCUT2D eigenvalue weighted by atomic mass is 10.1. The number of para-hydroxylation sites is 1. The quantitative estimate of drug-likeness (QED) is 0.449. The molecule has 0 saturated heterocycles. The lowest BCUT2D eigenvalue weighted by Gasteiger charge is -2.10. The summed E-state index contributed by atoms with van der Waals surface area (Å²) in [5.41, 5.74) is 3.30. The molecule has 0 bridgehead atoms. The first-order chi connectivity index (χ1) is 14.3. The molecular weight excluding hydrogens is 362 g/mol. The molecule has 0 radical (unpaired) electrons. The molecule has 0 aliphatic rings. The molecule has 4 rings (SSSR count). The Balaban J connectivity index is 1.38. The van der Waals surface area contributed by atoms with Gasteiger partial charge in [-0.25, -0.2) is 0 Å². The number of ether oxygens (including phenoxy) is 1. The van der Waals surface area contributed by atoms with Crippen molar-refractivity contribution in [1.29, 1.82) is 0 Å². The molecular formula is C23H21N5O. The van der Waals surface area contributed by atoms with Gasteiger partial charge in [-0.05, 0) is 54.4 Å². The van der Waals surface area contributed by atoms with Crippen LogP contribution in [0.5, 0.6) is 11.5 Å². The molecule has 1 aromatic heterocycles. The van der Waals surface area contributed by atoms with Crippen LogP contribution in [0.4, 0.5) is 17.5 Å². The Labute approximate surface area is 169 Å². The van der Waals surface area contributed by atoms with Crippen molar-refractivity contribution in [3.05, 3.63) is 96.2 Å². The van der Waals surface area contributed by atoms with E-state index in [2.05, 4.69) is 44.9 Å². The van der Waals surface area contributed by atoms with E-state index in [1.165, 1.54) is 11.1 Å². The van der Waals surface area contributed by atoms with E-state index < -0.39 is 0 Å². The number of nitrogens with one attached hydrogen (secondary N) is 2. The van der Waals surface area contributed by atoms with Crippen LogP contribution < -0.4 is 15.4 Å². The summed E-state index contributed by atoms with van der Waals surface area (Å²) in [6.07, 6.45) is 1.61. The minimum atomic E-state index is 0.427. The normalized spacial score (nSPS) is 10.4. The molecule has 4 aromatic rings. The van der Waals surface area contributed by atoms with Crippen LogP contribution in [0.1, 0.15) is 11.1 Å². The summed E-state index contributed by atoms with van der Waals surface area (Å²) in [5, 5.41) is 14.5. The summed E-state index contributed by atoms with van der Waals surface area (Å²) in [6.45, 7) is 2.77. The molecule has 6 heteroatoms. The molecule has 0 fully saturated rings. The smallest absolute Gasteiger partial charge is 0.249 e. The van der Waals surface area contributed by atoms with Crippen LogP contribution in [-0.2, 0) is 6.54 Å². The monoisotopic (exact) mass is 383 g/mol. The molecule has 1 heterocycles. The maximum atomic E-state index is 5.80. The van der Waals surface area contributed by atoms with Crippen molar-refractivity contribution in [2.75, 3.05) is 10.6 Å². The first-order valence-corrected chi connectivity index (χ1v) is 9.34. The van der Waals surface area contributed by atoms with Gasteiger partial charge in [-0.15, -0.1) is 5.10 Å². The zero-order valence-electron chi connectivity index (χ0n) is 16.0. The van der Waals surface area contributed by atoms with Crippen molar-refractivity contribution in [1.82, 2.24) is 15.2 Å². The van der Waals surface area contributed by atoms with E-state index in [0.717, 1.165) is 17.2 Å². The van der Waals surface area contributed by atoms with E-state index in [4.69, 9.17) is 4.74 Å². The summed E-state index contributed by atoms with van der Waals surface area (Å²) in [6, 6.07) is 25.5. The molecule has 0 unspecified atom stereocenters. The van der Waals surface area contributed by atoms with Crippen molar-refractivity contribution in [3.8, 4) is 11.5 Å². The highest BCUT2D eigenvalue weighted by atomic mass is 16.5. The van der Waals surface area contributed by atoms with Gasteiger partial charge in [0.15, 0.2) is 5.82 Å². The Morgan fingerprint density at radius 1 is 0.828 bits per heavy atom. The molecule has 29 heavy (non-hydrogen) atoms. The predicted octanol–water partition coefficient (Wildman–Crippen LogP) is 5.33. The SMILES string of the molecule is Cc1ccccc1CNc1cnnc(Nc2ccc(Oc3ccccc3)cc2)n1. The lowest BCUT2D eigenvalue weighted by Crippen LogP contribution is -2.06. The summed E-state index contributed by atoms with van der Waals surface area (Å²) >= 11 is 0. The summed E-state index contributed by atoms with van der Waals surface area (Å²) in [5.74, 6) is 2.65. The third-order valence-corrected chi connectivity index (χ3v) is 4.37. The van der Waals surface area contributed by atoms with Crippen molar-refractivity contribution >= 4 is 17.5 Å². The number of hydrogen-bond acceptors (Lipinski definition) is 6. The highest BCUT2D eigenvalue weighted by Crippen LogP contribution is 2.23. The highest BCUT2D eigenvalue weighted by Gasteiger charge is 2.04. The van der Waals surface area contributed by atoms with Gasteiger partial charge in [0, 0.05) is 12.2 Å². The minimum Gasteiger partial charge on any atom is -0.457 e. The number of nitrogens with zero attached hydrogens (tertiary/aromatic N) is 3. The molecule has 0 spiro atoms. The third-order valence-electron chi connectivity index (χ3n) is 4.37. The third kappa shape index (κ3) is 5.07. The van der Waals surface area contributed by atoms with Gasteiger partial charge in [0.2, 0.25) is 5.95 Å². The fraction of sp³-hybridized carbons (Fsp3) is 0.0870. The van der Waals surface area contributed by atoms with Crippen LogP contribution in [0.15, 0.2) is 85.1 Å². The number of hydrogen-bond donors (Lipinski definition) is 2. The molecule has 0 amide bonds. The largest absolute Gasteiger partial charge is 0.457 e. The average molecular weight is 383 g/mol. The van der Waals surface area contributed by atoms with Crippen LogP contribution in [0.25, 0.3) is 0 Å². The van der Waals surface area contributed by atoms with Gasteiger partial charge in [-0.2, -0.15) is 10.1 Å². The van der Waals surface area contributed by atoms with E-state index >= 15 is 0 Å². The van der Waals surface area contributed by atoms with Gasteiger partial charge in [-0.1, -0.05) is 42.5 Å². The predicted molar refractivity (Wildman–Crippen MR) is 115 cm³/mol. The number of benzene rings is 3. The Kier molecular flexibility index (Phi) is 5.62. The van der Waals surface area contributed by atoms with Crippen LogP contribution >= 0.6 is 0 Å². The maximum Gasteiger partial charge on any atom is 0.249 e. The topological polar surface area (TPSA) is 72.0 Å². The minimum absolute atomic E-state index is 0.427. The standard InChI is InChI=1S/C23H21N5O/c1-17-7-5-6-8-18(17)15-24-22-16-25-28-23(27-22)26-19-11-13-21(14-12-19)29-20-9-3-2-4-10-20/h2-14,16H,15H2,1H3,(H2,24,26,27,28). The van der Waals surface area contributed by atoms with Crippen LogP contribution in [0.3, 0.4) is 0 Å². The van der Waals surface area contributed by atoms with Crippen molar-refractivity contribution in [3.63, 3.8) is 0 Å². The van der Waals surface area contributed by atoms with E-state index in [1.807, 2.05) is 66.7 Å². The first-order valence-electron chi connectivity index (χ1n) is 9.34. The molecule has 0 atom stereocenters. The van der Waals surface area contributed by atoms with Gasteiger partial charge >= 0.3 is 0 Å². The Bertz CT molecular complexity index is 1070. The molecule has 0 saturated carbocycles. The van der Waals surface area contributed by atoms with Gasteiger partial charge < -0.3 is 15.4 Å². The van der Waals surface area contributed by atoms with Gasteiger partial charge in [0.25, 0.3) is 0 Å². The van der Waals surface area contributed by atoms with Crippen LogP contribution in [0.2, 0.25) is 0 Å². The zero-order chi connectivity index (χ0) is 19.9. The zero-order valence-corrected chi connectivity index (χ0v) is 16.0. The molecule has 0 aliphatic carbocycles. The number of aromatic nitrogens is 3. The van der Waals surface area contributed by atoms with Crippen molar-refractivity contribution < 1.29 is 4.74 Å². The fourth-order valence-corrected chi connectivity index (χ4v) is 2.80. The van der Waals surface area contributed by atoms with Crippen LogP contribution in [-0.4, -0.2) is 15.2 Å². The summed E-state index contributed by atoms with van der Waals surface area (Å²) < 4.78 is 5.80.